The molecule has 13 heavy (non-hydrogen) atoms. The maximum atomic E-state index is 11.4. The Balaban J connectivity index is 2.27. The largest absolute Gasteiger partial charge is 0.481 e. The Morgan fingerprint density at radius 1 is 1.46 bits per heavy atom. The van der Waals surface area contributed by atoms with Gasteiger partial charge in [-0.05, 0) is 12.3 Å². The summed E-state index contributed by atoms with van der Waals surface area (Å²) >= 11 is 0. The number of hydrogen-bond donors (Lipinski definition) is 1. The summed E-state index contributed by atoms with van der Waals surface area (Å²) in [6.45, 7) is 3.68. The van der Waals surface area contributed by atoms with Crippen molar-refractivity contribution in [1.29, 1.82) is 0 Å². The Bertz CT molecular complexity index is 215. The SMILES string of the molecule is C[C@H]1CCN(C(=O)CCC(=O)O)C1. The van der Waals surface area contributed by atoms with Crippen LogP contribution in [0.2, 0.25) is 0 Å². The molecule has 0 aliphatic carbocycles. The summed E-state index contributed by atoms with van der Waals surface area (Å²) in [5, 5.41) is 8.39. The Morgan fingerprint density at radius 2 is 2.15 bits per heavy atom. The molecule has 4 nitrogen and oxygen atoms in total. The van der Waals surface area contributed by atoms with Gasteiger partial charge in [0.15, 0.2) is 0 Å². The van der Waals surface area contributed by atoms with E-state index in [4.69, 9.17) is 5.11 Å². The number of carboxylic acids is 1. The first kappa shape index (κ1) is 10.0. The predicted octanol–water partition coefficient (Wildman–Crippen LogP) is 0.720. The Hall–Kier alpha value is -1.06. The molecular formula is C9H15NO3. The zero-order valence-corrected chi connectivity index (χ0v) is 7.82. The highest BCUT2D eigenvalue weighted by atomic mass is 16.4. The van der Waals surface area contributed by atoms with Crippen molar-refractivity contribution in [2.24, 2.45) is 5.92 Å². The number of likely N-dealkylation sites (tertiary alicyclic amines) is 1. The molecule has 1 fully saturated rings. The highest BCUT2D eigenvalue weighted by Gasteiger charge is 2.22. The van der Waals surface area contributed by atoms with E-state index in [2.05, 4.69) is 6.92 Å². The Morgan fingerprint density at radius 3 is 2.62 bits per heavy atom. The summed E-state index contributed by atoms with van der Waals surface area (Å²) in [7, 11) is 0. The lowest BCUT2D eigenvalue weighted by atomic mass is 10.2. The third-order valence-corrected chi connectivity index (χ3v) is 2.33. The zero-order chi connectivity index (χ0) is 9.84. The predicted molar refractivity (Wildman–Crippen MR) is 47.2 cm³/mol. The van der Waals surface area contributed by atoms with Gasteiger partial charge < -0.3 is 10.0 Å². The van der Waals surface area contributed by atoms with E-state index >= 15 is 0 Å². The third-order valence-electron chi connectivity index (χ3n) is 2.33. The molecule has 74 valence electrons. The van der Waals surface area contributed by atoms with Gasteiger partial charge in [-0.3, -0.25) is 9.59 Å². The van der Waals surface area contributed by atoms with Crippen molar-refractivity contribution in [3.8, 4) is 0 Å². The van der Waals surface area contributed by atoms with Gasteiger partial charge in [0.05, 0.1) is 6.42 Å². The van der Waals surface area contributed by atoms with Gasteiger partial charge >= 0.3 is 5.97 Å². The standard InChI is InChI=1S/C9H15NO3/c1-7-4-5-10(6-7)8(11)2-3-9(12)13/h7H,2-6H2,1H3,(H,12,13)/t7-/m0/s1. The molecule has 1 aliphatic rings. The number of hydrogen-bond acceptors (Lipinski definition) is 2. The van der Waals surface area contributed by atoms with Crippen LogP contribution in [0.15, 0.2) is 0 Å². The molecule has 0 unspecified atom stereocenters. The van der Waals surface area contributed by atoms with E-state index in [1.165, 1.54) is 0 Å². The molecule has 0 saturated carbocycles. The quantitative estimate of drug-likeness (QED) is 0.704. The fraction of sp³-hybridized carbons (Fsp3) is 0.778. The van der Waals surface area contributed by atoms with Crippen molar-refractivity contribution >= 4 is 11.9 Å². The van der Waals surface area contributed by atoms with Crippen molar-refractivity contribution in [3.05, 3.63) is 0 Å². The van der Waals surface area contributed by atoms with Gasteiger partial charge in [-0.1, -0.05) is 6.92 Å². The zero-order valence-electron chi connectivity index (χ0n) is 7.82. The molecule has 1 aliphatic heterocycles. The average Bonchev–Trinajstić information content (AvgIpc) is 2.47. The first-order valence-electron chi connectivity index (χ1n) is 4.59. The van der Waals surface area contributed by atoms with Crippen molar-refractivity contribution in [2.45, 2.75) is 26.2 Å². The van der Waals surface area contributed by atoms with Crippen LogP contribution in [0.4, 0.5) is 0 Å². The maximum absolute atomic E-state index is 11.4. The molecule has 1 rings (SSSR count). The van der Waals surface area contributed by atoms with Crippen molar-refractivity contribution in [1.82, 2.24) is 4.90 Å². The Kier molecular flexibility index (Phi) is 3.28. The van der Waals surface area contributed by atoms with Crippen molar-refractivity contribution < 1.29 is 14.7 Å². The summed E-state index contributed by atoms with van der Waals surface area (Å²) in [4.78, 5) is 23.3. The Labute approximate surface area is 77.5 Å². The molecule has 4 heteroatoms. The van der Waals surface area contributed by atoms with Gasteiger partial charge in [-0.25, -0.2) is 0 Å². The van der Waals surface area contributed by atoms with E-state index in [0.717, 1.165) is 19.5 Å². The lowest BCUT2D eigenvalue weighted by molar-refractivity contribution is -0.140. The minimum atomic E-state index is -0.902. The number of amides is 1. The second kappa shape index (κ2) is 4.25. The molecular weight excluding hydrogens is 170 g/mol. The second-order valence-electron chi connectivity index (χ2n) is 3.63. The van der Waals surface area contributed by atoms with Gasteiger partial charge in [0.25, 0.3) is 0 Å². The van der Waals surface area contributed by atoms with Crippen LogP contribution < -0.4 is 0 Å². The molecule has 0 aromatic rings. The van der Waals surface area contributed by atoms with E-state index in [1.807, 2.05) is 0 Å². The minimum Gasteiger partial charge on any atom is -0.481 e. The van der Waals surface area contributed by atoms with E-state index < -0.39 is 5.97 Å². The number of carbonyl (C=O) groups is 2. The van der Waals surface area contributed by atoms with E-state index in [0.29, 0.717) is 5.92 Å². The fourth-order valence-electron chi connectivity index (χ4n) is 1.53. The molecule has 0 radical (unpaired) electrons. The second-order valence-corrected chi connectivity index (χ2v) is 3.63. The summed E-state index contributed by atoms with van der Waals surface area (Å²) in [5.74, 6) is -0.360. The van der Waals surface area contributed by atoms with Gasteiger partial charge in [0.2, 0.25) is 5.91 Å². The first-order valence-corrected chi connectivity index (χ1v) is 4.59. The fourth-order valence-corrected chi connectivity index (χ4v) is 1.53. The average molecular weight is 185 g/mol. The summed E-state index contributed by atoms with van der Waals surface area (Å²) < 4.78 is 0. The van der Waals surface area contributed by atoms with Crippen LogP contribution in [0.5, 0.6) is 0 Å². The number of aliphatic carboxylic acids is 1. The van der Waals surface area contributed by atoms with E-state index in [9.17, 15) is 9.59 Å². The van der Waals surface area contributed by atoms with Crippen LogP contribution in [0.1, 0.15) is 26.2 Å². The number of carboxylic acid groups (broad SMARTS) is 1. The monoisotopic (exact) mass is 185 g/mol. The van der Waals surface area contributed by atoms with Crippen LogP contribution in [0.25, 0.3) is 0 Å². The van der Waals surface area contributed by atoms with Crippen LogP contribution in [0.3, 0.4) is 0 Å². The molecule has 1 atom stereocenters. The molecule has 1 N–H and O–H groups in total. The molecule has 0 bridgehead atoms. The van der Waals surface area contributed by atoms with Crippen LogP contribution >= 0.6 is 0 Å². The van der Waals surface area contributed by atoms with Crippen molar-refractivity contribution in [3.63, 3.8) is 0 Å². The maximum Gasteiger partial charge on any atom is 0.303 e. The number of rotatable bonds is 3. The molecule has 1 saturated heterocycles. The smallest absolute Gasteiger partial charge is 0.303 e. The van der Waals surface area contributed by atoms with Crippen molar-refractivity contribution in [2.75, 3.05) is 13.1 Å². The minimum absolute atomic E-state index is 0.0215. The highest BCUT2D eigenvalue weighted by molar-refractivity contribution is 5.80. The van der Waals surface area contributed by atoms with Crippen LogP contribution in [0, 0.1) is 5.92 Å². The number of nitrogens with zero attached hydrogens (tertiary/aromatic N) is 1. The number of carbonyl (C=O) groups excluding carboxylic acids is 1. The van der Waals surface area contributed by atoms with E-state index in [1.54, 1.807) is 4.90 Å². The molecule has 1 heterocycles. The van der Waals surface area contributed by atoms with Gasteiger partial charge in [-0.15, -0.1) is 0 Å². The highest BCUT2D eigenvalue weighted by Crippen LogP contribution is 2.16. The van der Waals surface area contributed by atoms with E-state index in [-0.39, 0.29) is 18.7 Å². The normalized spacial score (nSPS) is 21.9. The topological polar surface area (TPSA) is 57.6 Å². The molecule has 0 aromatic carbocycles. The summed E-state index contributed by atoms with van der Waals surface area (Å²) in [6, 6.07) is 0. The molecule has 1 amide bonds. The molecule has 0 aromatic heterocycles. The van der Waals surface area contributed by atoms with Gasteiger partial charge in [-0.2, -0.15) is 0 Å². The molecule has 0 spiro atoms. The summed E-state index contributed by atoms with van der Waals surface area (Å²) in [5.41, 5.74) is 0. The first-order chi connectivity index (χ1) is 6.09. The summed E-state index contributed by atoms with van der Waals surface area (Å²) in [6.07, 6.45) is 1.13. The van der Waals surface area contributed by atoms with Gasteiger partial charge in [0, 0.05) is 19.5 Å². The van der Waals surface area contributed by atoms with Gasteiger partial charge in [0.1, 0.15) is 0 Å². The lowest BCUT2D eigenvalue weighted by Gasteiger charge is -2.14. The third kappa shape index (κ3) is 3.05. The van der Waals surface area contributed by atoms with Crippen LogP contribution in [-0.2, 0) is 9.59 Å². The van der Waals surface area contributed by atoms with Crippen LogP contribution in [-0.4, -0.2) is 35.0 Å². The lowest BCUT2D eigenvalue weighted by Crippen LogP contribution is -2.28.